The van der Waals surface area contributed by atoms with Crippen LogP contribution in [-0.2, 0) is 19.2 Å². The average molecular weight is 1700 g/mol. The molecule has 1 aliphatic carbocycles. The van der Waals surface area contributed by atoms with Crippen LogP contribution in [0, 0.1) is 23.7 Å². The first-order valence-corrected chi connectivity index (χ1v) is 37.8. The lowest BCUT2D eigenvalue weighted by atomic mass is 9.90. The molecule has 8 bridgehead atoms. The fraction of sp³-hybridized carbons (Fsp3) is 0.101. The van der Waals surface area contributed by atoms with E-state index in [9.17, 15) is 38.4 Å². The Morgan fingerprint density at radius 3 is 0.934 bits per heavy atom. The molecule has 3 aliphatic heterocycles. The van der Waals surface area contributed by atoms with Crippen LogP contribution in [0.1, 0.15) is 92.6 Å². The molecule has 8 aromatic carbocycles. The van der Waals surface area contributed by atoms with Crippen molar-refractivity contribution >= 4 is 159 Å². The zero-order valence-electron chi connectivity index (χ0n) is 64.8. The molecular formula is C89H84N14O16S3. The summed E-state index contributed by atoms with van der Waals surface area (Å²) in [6, 6.07) is 55.0. The third-order valence-electron chi connectivity index (χ3n) is 17.7. The molecule has 122 heavy (non-hydrogen) atoms. The molecule has 0 radical (unpaired) electrons. The van der Waals surface area contributed by atoms with Crippen LogP contribution in [0.25, 0.3) is 22.3 Å². The molecule has 0 fully saturated rings. The maximum absolute atomic E-state index is 10.8. The molecule has 0 saturated carbocycles. The summed E-state index contributed by atoms with van der Waals surface area (Å²) in [6.07, 6.45) is 13.2. The predicted molar refractivity (Wildman–Crippen MR) is 481 cm³/mol. The number of nitrogens with two attached hydrogens (primary N) is 9. The van der Waals surface area contributed by atoms with E-state index in [2.05, 4.69) is 127 Å². The highest BCUT2D eigenvalue weighted by Gasteiger charge is 2.30. The lowest BCUT2D eigenvalue weighted by Crippen LogP contribution is -2.43. The van der Waals surface area contributed by atoms with Gasteiger partial charge in [0.25, 0.3) is 0 Å². The minimum Gasteiger partial charge on any atom is -0.480 e. The fourth-order valence-corrected chi connectivity index (χ4v) is 13.6. The number of rotatable bonds is 19. The number of allylic oxidation sites excluding steroid dienone is 10. The number of carbonyl (C=O) groups is 8. The highest BCUT2D eigenvalue weighted by atomic mass is 32.1. The van der Waals surface area contributed by atoms with E-state index in [4.69, 9.17) is 102 Å². The number of fused-ring (bicyclic) bond motifs is 6. The Kier molecular flexibility index (Phi) is 33.3. The van der Waals surface area contributed by atoms with Gasteiger partial charge in [0.05, 0.1) is 84.3 Å². The number of nitrogens with zero attached hydrogens (tertiary/aromatic N) is 4. The topological polar surface area (TPSA) is 580 Å². The third kappa shape index (κ3) is 26.2. The van der Waals surface area contributed by atoms with Crippen molar-refractivity contribution in [3.63, 3.8) is 0 Å². The maximum Gasteiger partial charge on any atom is 0.336 e. The number of anilines is 7. The van der Waals surface area contributed by atoms with Crippen molar-refractivity contribution < 1.29 is 79.2 Å². The van der Waals surface area contributed by atoms with Gasteiger partial charge in [-0.2, -0.15) is 0 Å². The number of nitrogen functional groups attached to an aromatic ring is 7. The van der Waals surface area contributed by atoms with Crippen LogP contribution in [0.5, 0.6) is 0 Å². The molecule has 0 atom stereocenters. The van der Waals surface area contributed by atoms with Gasteiger partial charge < -0.3 is 97.4 Å². The summed E-state index contributed by atoms with van der Waals surface area (Å²) >= 11 is 12.4. The van der Waals surface area contributed by atoms with Crippen LogP contribution in [0.15, 0.2) is 266 Å². The Hall–Kier alpha value is -15.1. The summed E-state index contributed by atoms with van der Waals surface area (Å²) in [6.45, 7) is -1.59. The van der Waals surface area contributed by atoms with Crippen LogP contribution in [0.3, 0.4) is 0 Å². The first kappa shape index (κ1) is 92.4. The number of para-hydroxylation sites is 4. The zero-order chi connectivity index (χ0) is 89.0. The highest BCUT2D eigenvalue weighted by molar-refractivity contribution is 7.81. The molecule has 624 valence electrons. The van der Waals surface area contributed by atoms with E-state index in [0.29, 0.717) is 60.1 Å². The highest BCUT2D eigenvalue weighted by Crippen LogP contribution is 2.44. The number of nitrogens with one attached hydrogen (secondary N) is 1. The van der Waals surface area contributed by atoms with Gasteiger partial charge in [0.1, 0.15) is 0 Å². The number of hydrogen-bond acceptors (Lipinski definition) is 24. The SMILES string of the molecule is NCC#Cc1cc(N)cc(C#CCN)c1.Nc1ccc(N)cc1.Nc1ccccc1C1=C2C=CC(=C(c3ccccc3N)C3=NC(=C(c4ccccc4N)c4ccc([nH]4)C(c4ccccc4N)=C4C=CC1=N4)C=C3)C2.O=C(O)CN(CCN(CC(=O)O)CC(=O)O)CC(=O)O.O=C(O)c1cc(C(=O)O)c(C(=O)O)cc1C(=O)O.Sc1cc(S)cc(S)c1. The lowest BCUT2D eigenvalue weighted by molar-refractivity contribution is -0.145. The van der Waals surface area contributed by atoms with Gasteiger partial charge in [-0.15, -0.1) is 37.9 Å². The number of aliphatic imine (C=N–C) groups is 2. The van der Waals surface area contributed by atoms with Crippen LogP contribution < -0.4 is 51.6 Å². The van der Waals surface area contributed by atoms with Crippen molar-refractivity contribution in [2.75, 3.05) is 92.5 Å². The van der Waals surface area contributed by atoms with E-state index < -0.39 is 96.2 Å². The summed E-state index contributed by atoms with van der Waals surface area (Å²) in [5.74, 6) is -0.207. The summed E-state index contributed by atoms with van der Waals surface area (Å²) in [7, 11) is 0. The van der Waals surface area contributed by atoms with E-state index in [1.807, 2.05) is 109 Å². The van der Waals surface area contributed by atoms with Gasteiger partial charge in [-0.25, -0.2) is 29.2 Å². The molecule has 0 amide bonds. The van der Waals surface area contributed by atoms with Crippen LogP contribution in [0.2, 0.25) is 0 Å². The minimum absolute atomic E-state index is 0.0703. The second-order valence-electron chi connectivity index (χ2n) is 26.5. The van der Waals surface area contributed by atoms with Crippen molar-refractivity contribution in [1.29, 1.82) is 0 Å². The fourth-order valence-electron chi connectivity index (χ4n) is 12.5. The van der Waals surface area contributed by atoms with Crippen molar-refractivity contribution in [3.8, 4) is 23.7 Å². The molecule has 30 nitrogen and oxygen atoms in total. The summed E-state index contributed by atoms with van der Waals surface area (Å²) in [5.41, 5.74) is 71.5. The molecule has 13 rings (SSSR count). The largest absolute Gasteiger partial charge is 0.480 e. The standard InChI is InChI=1S/C45H35N7.C12H13N3.C10H16N2O8.C10H6O8.C6H8N2.C6H6S3/c46-32-13-5-1-9-28(32)42-26-17-18-27(25-26)43(29-10-2-6-14-33(29)47)37-20-22-39(51-37)45(31-12-4-8-16-35(31)49)41-24-23-40(52-41)44(38-21-19-36(42)50-38)30-11-3-7-15-34(30)48;13-5-1-3-10-7-11(4-2-6-14)9-12(15)8-10;13-7(14)3-11(4-8(15)16)1-2-12(5-9(17)18)6-10(19)20;11-7(12)3-1-4(8(13)14)6(10(17)18)2-5(3)9(15)16;7-5-1-2-6(8)4-3-5;7-4-1-5(8)3-6(9)2-4/h1-24,52H,25,46-49H2;7-9H,5-6,13-15H2;1-6H2,(H,13,14)(H,15,16)(H,17,18)(H,19,20);1-2H,(H,11,12)(H,13,14)(H,15,16)(H,17,18);1-4H,7-8H2;1-3,7-9H. The van der Waals surface area contributed by atoms with Crippen molar-refractivity contribution in [2.45, 2.75) is 21.1 Å². The summed E-state index contributed by atoms with van der Waals surface area (Å²) in [5, 5.41) is 69.5. The molecule has 4 aliphatic rings. The number of aromatic carboxylic acids is 4. The lowest BCUT2D eigenvalue weighted by Gasteiger charge is -2.23. The third-order valence-corrected chi connectivity index (χ3v) is 18.4. The molecule has 0 spiro atoms. The molecule has 4 heterocycles. The van der Waals surface area contributed by atoms with Gasteiger partial charge in [0.2, 0.25) is 0 Å². The number of aliphatic carboxylic acids is 4. The molecule has 0 saturated heterocycles. The number of thiol groups is 3. The Balaban J connectivity index is 0.000000216. The summed E-state index contributed by atoms with van der Waals surface area (Å²) in [4.78, 5) is 105. The predicted octanol–water partition coefficient (Wildman–Crippen LogP) is 10.5. The van der Waals surface area contributed by atoms with Gasteiger partial charge in [-0.3, -0.25) is 29.0 Å². The number of aromatic nitrogens is 1. The van der Waals surface area contributed by atoms with Crippen molar-refractivity contribution in [1.82, 2.24) is 14.8 Å². The van der Waals surface area contributed by atoms with Crippen LogP contribution in [-0.4, -0.2) is 167 Å². The maximum atomic E-state index is 10.8. The van der Waals surface area contributed by atoms with Gasteiger partial charge in [-0.1, -0.05) is 109 Å². The minimum atomic E-state index is -1.66. The summed E-state index contributed by atoms with van der Waals surface area (Å²) < 4.78 is 0. The number of carboxylic acids is 8. The second kappa shape index (κ2) is 43.9. The Labute approximate surface area is 715 Å². The Bertz CT molecular complexity index is 5540. The number of hydrogen-bond donors (Lipinski definition) is 21. The van der Waals surface area contributed by atoms with Gasteiger partial charge >= 0.3 is 47.8 Å². The van der Waals surface area contributed by atoms with Gasteiger partial charge in [-0.05, 0) is 151 Å². The van der Waals surface area contributed by atoms with E-state index in [1.165, 1.54) is 0 Å². The zero-order valence-corrected chi connectivity index (χ0v) is 67.5. The molecule has 27 N–H and O–H groups in total. The second-order valence-corrected chi connectivity index (χ2v) is 28.1. The van der Waals surface area contributed by atoms with Crippen molar-refractivity contribution in [3.05, 3.63) is 308 Å². The van der Waals surface area contributed by atoms with Crippen LogP contribution >= 0.6 is 37.9 Å². The van der Waals surface area contributed by atoms with E-state index in [1.54, 1.807) is 36.4 Å². The number of H-pyrrole nitrogens is 1. The number of carboxylic acid groups (broad SMARTS) is 8. The average Bonchev–Trinajstić information content (AvgIpc) is 1.62. The van der Waals surface area contributed by atoms with Gasteiger partial charge in [0.15, 0.2) is 0 Å². The molecular weight excluding hydrogens is 1620 g/mol. The Morgan fingerprint density at radius 1 is 0.361 bits per heavy atom. The molecule has 33 heteroatoms. The molecule has 0 unspecified atom stereocenters. The van der Waals surface area contributed by atoms with Crippen LogP contribution in [0.4, 0.5) is 39.8 Å². The smallest absolute Gasteiger partial charge is 0.336 e. The molecule has 1 aromatic heterocycles. The monoisotopic (exact) mass is 1700 g/mol. The normalized spacial score (nSPS) is 12.5. The Morgan fingerprint density at radius 2 is 0.656 bits per heavy atom. The van der Waals surface area contributed by atoms with Gasteiger partial charge in [0, 0.05) is 135 Å². The number of benzene rings is 8. The van der Waals surface area contributed by atoms with Crippen molar-refractivity contribution in [2.24, 2.45) is 21.5 Å². The molecule has 9 aromatic rings. The first-order valence-electron chi connectivity index (χ1n) is 36.4. The van der Waals surface area contributed by atoms with E-state index >= 15 is 0 Å². The number of aromatic amines is 1. The van der Waals surface area contributed by atoms with E-state index in [0.717, 1.165) is 137 Å². The quantitative estimate of drug-likeness (QED) is 0.0203. The van der Waals surface area contributed by atoms with E-state index in [-0.39, 0.29) is 13.1 Å². The first-order chi connectivity index (χ1) is 58.1.